The maximum absolute atomic E-state index is 11.0. The van der Waals surface area contributed by atoms with Crippen LogP contribution in [0, 0.1) is 0 Å². The third kappa shape index (κ3) is 2.80. The minimum absolute atomic E-state index is 0.0290. The lowest BCUT2D eigenvalue weighted by atomic mass is 9.82. The molecule has 0 aliphatic heterocycles. The minimum Gasteiger partial charge on any atom is -0.477 e. The quantitative estimate of drug-likeness (QED) is 0.846. The summed E-state index contributed by atoms with van der Waals surface area (Å²) < 4.78 is 7.61. The third-order valence-corrected chi connectivity index (χ3v) is 3.79. The standard InChI is InChI=1S/C15H18N4O3/c1-2-22-12-9-11(14(12)19-8-4-7-16-19)18-13-6-3-5-10(17-13)15(20)21/h3-8,11-12,14H,2,9H2,1H3,(H,17,18)(H,20,21). The number of nitrogens with one attached hydrogen (secondary N) is 1. The number of aromatic carboxylic acids is 1. The highest BCUT2D eigenvalue weighted by Crippen LogP contribution is 2.36. The van der Waals surface area contributed by atoms with Crippen LogP contribution >= 0.6 is 0 Å². The number of carboxylic acid groups (broad SMARTS) is 1. The van der Waals surface area contributed by atoms with E-state index in [1.807, 2.05) is 23.9 Å². The van der Waals surface area contributed by atoms with E-state index in [1.165, 1.54) is 6.07 Å². The number of hydrogen-bond acceptors (Lipinski definition) is 5. The summed E-state index contributed by atoms with van der Waals surface area (Å²) in [6.07, 6.45) is 4.58. The Hall–Kier alpha value is -2.41. The summed E-state index contributed by atoms with van der Waals surface area (Å²) in [6.45, 7) is 2.63. The lowest BCUT2D eigenvalue weighted by Crippen LogP contribution is -2.52. The van der Waals surface area contributed by atoms with E-state index in [0.29, 0.717) is 12.4 Å². The molecule has 3 unspecified atom stereocenters. The molecule has 2 aromatic rings. The molecule has 116 valence electrons. The van der Waals surface area contributed by atoms with Crippen LogP contribution in [0.25, 0.3) is 0 Å². The number of carboxylic acids is 1. The van der Waals surface area contributed by atoms with Gasteiger partial charge in [0.25, 0.3) is 0 Å². The predicted octanol–water partition coefficient (Wildman–Crippen LogP) is 1.81. The van der Waals surface area contributed by atoms with Gasteiger partial charge in [0.15, 0.2) is 5.69 Å². The van der Waals surface area contributed by atoms with E-state index in [1.54, 1.807) is 18.3 Å². The molecule has 0 spiro atoms. The number of hydrogen-bond donors (Lipinski definition) is 2. The first-order valence-electron chi connectivity index (χ1n) is 7.26. The van der Waals surface area contributed by atoms with Gasteiger partial charge in [-0.25, -0.2) is 9.78 Å². The zero-order valence-corrected chi connectivity index (χ0v) is 12.2. The third-order valence-electron chi connectivity index (χ3n) is 3.79. The smallest absolute Gasteiger partial charge is 0.354 e. The van der Waals surface area contributed by atoms with Crippen LogP contribution in [0.5, 0.6) is 0 Å². The molecule has 0 radical (unpaired) electrons. The van der Waals surface area contributed by atoms with Crippen LogP contribution in [0.1, 0.15) is 29.9 Å². The Bertz CT molecular complexity index is 644. The average molecular weight is 302 g/mol. The maximum atomic E-state index is 11.0. The van der Waals surface area contributed by atoms with Gasteiger partial charge < -0.3 is 15.2 Å². The zero-order chi connectivity index (χ0) is 15.5. The fourth-order valence-corrected chi connectivity index (χ4v) is 2.75. The molecular formula is C15H18N4O3. The summed E-state index contributed by atoms with van der Waals surface area (Å²) in [4.78, 5) is 15.1. The molecule has 1 fully saturated rings. The van der Waals surface area contributed by atoms with Crippen molar-refractivity contribution < 1.29 is 14.6 Å². The van der Waals surface area contributed by atoms with Gasteiger partial charge in [0.05, 0.1) is 18.2 Å². The number of nitrogens with zero attached hydrogens (tertiary/aromatic N) is 3. The number of rotatable bonds is 6. The van der Waals surface area contributed by atoms with Gasteiger partial charge in [-0.05, 0) is 31.5 Å². The molecule has 3 atom stereocenters. The largest absolute Gasteiger partial charge is 0.477 e. The summed E-state index contributed by atoms with van der Waals surface area (Å²) in [5, 5.41) is 16.6. The molecule has 0 saturated heterocycles. The highest BCUT2D eigenvalue weighted by atomic mass is 16.5. The van der Waals surface area contributed by atoms with Crippen LogP contribution in [-0.2, 0) is 4.74 Å². The number of anilines is 1. The summed E-state index contributed by atoms with van der Waals surface area (Å²) in [5.74, 6) is -0.481. The van der Waals surface area contributed by atoms with Crippen LogP contribution in [0.4, 0.5) is 5.82 Å². The molecule has 2 heterocycles. The van der Waals surface area contributed by atoms with Crippen molar-refractivity contribution in [3.05, 3.63) is 42.4 Å². The van der Waals surface area contributed by atoms with Gasteiger partial charge in [-0.2, -0.15) is 5.10 Å². The van der Waals surface area contributed by atoms with Crippen molar-refractivity contribution in [2.24, 2.45) is 0 Å². The van der Waals surface area contributed by atoms with Crippen molar-refractivity contribution in [3.8, 4) is 0 Å². The van der Waals surface area contributed by atoms with E-state index in [9.17, 15) is 4.79 Å². The van der Waals surface area contributed by atoms with E-state index < -0.39 is 5.97 Å². The molecule has 3 rings (SSSR count). The molecule has 0 aromatic carbocycles. The van der Waals surface area contributed by atoms with E-state index in [0.717, 1.165) is 6.42 Å². The van der Waals surface area contributed by atoms with Crippen molar-refractivity contribution in [2.45, 2.75) is 31.5 Å². The second-order valence-corrected chi connectivity index (χ2v) is 5.17. The SMILES string of the molecule is CCOC1CC(Nc2cccc(C(=O)O)n2)C1n1cccn1. The van der Waals surface area contributed by atoms with Crippen LogP contribution in [0.15, 0.2) is 36.7 Å². The summed E-state index contributed by atoms with van der Waals surface area (Å²) in [5.41, 5.74) is 0.0290. The fraction of sp³-hybridized carbons (Fsp3) is 0.400. The Kier molecular flexibility index (Phi) is 4.06. The molecule has 1 saturated carbocycles. The Labute approximate surface area is 127 Å². The Balaban J connectivity index is 1.74. The van der Waals surface area contributed by atoms with Crippen LogP contribution in [0.2, 0.25) is 0 Å². The Morgan fingerprint density at radius 3 is 3.05 bits per heavy atom. The predicted molar refractivity (Wildman–Crippen MR) is 79.9 cm³/mol. The molecule has 7 heteroatoms. The molecule has 22 heavy (non-hydrogen) atoms. The van der Waals surface area contributed by atoms with Crippen molar-refractivity contribution >= 4 is 11.8 Å². The summed E-state index contributed by atoms with van der Waals surface area (Å²) in [6, 6.07) is 6.98. The lowest BCUT2D eigenvalue weighted by Gasteiger charge is -2.44. The van der Waals surface area contributed by atoms with E-state index in [2.05, 4.69) is 15.4 Å². The van der Waals surface area contributed by atoms with Crippen molar-refractivity contribution in [2.75, 3.05) is 11.9 Å². The van der Waals surface area contributed by atoms with Gasteiger partial charge in [-0.1, -0.05) is 6.07 Å². The average Bonchev–Trinajstić information content (AvgIpc) is 2.99. The molecule has 0 bridgehead atoms. The number of ether oxygens (including phenoxy) is 1. The molecule has 7 nitrogen and oxygen atoms in total. The first kappa shape index (κ1) is 14.5. The monoisotopic (exact) mass is 302 g/mol. The molecule has 2 aromatic heterocycles. The molecule has 2 N–H and O–H groups in total. The van der Waals surface area contributed by atoms with Gasteiger partial charge in [-0.15, -0.1) is 0 Å². The first-order chi connectivity index (χ1) is 10.7. The lowest BCUT2D eigenvalue weighted by molar-refractivity contribution is -0.0462. The zero-order valence-electron chi connectivity index (χ0n) is 12.2. The van der Waals surface area contributed by atoms with Gasteiger partial charge >= 0.3 is 5.97 Å². The second kappa shape index (κ2) is 6.15. The maximum Gasteiger partial charge on any atom is 0.354 e. The van der Waals surface area contributed by atoms with Crippen LogP contribution in [-0.4, -0.2) is 44.6 Å². The van der Waals surface area contributed by atoms with Crippen molar-refractivity contribution in [1.82, 2.24) is 14.8 Å². The van der Waals surface area contributed by atoms with Crippen LogP contribution in [0.3, 0.4) is 0 Å². The number of carbonyl (C=O) groups is 1. The van der Waals surface area contributed by atoms with E-state index in [-0.39, 0.29) is 23.9 Å². The summed E-state index contributed by atoms with van der Waals surface area (Å²) in [7, 11) is 0. The second-order valence-electron chi connectivity index (χ2n) is 5.17. The van der Waals surface area contributed by atoms with Gasteiger partial charge in [0, 0.05) is 19.0 Å². The normalized spacial score (nSPS) is 23.8. The molecular weight excluding hydrogens is 284 g/mol. The van der Waals surface area contributed by atoms with E-state index >= 15 is 0 Å². The van der Waals surface area contributed by atoms with Gasteiger partial charge in [0.1, 0.15) is 5.82 Å². The Morgan fingerprint density at radius 1 is 1.50 bits per heavy atom. The topological polar surface area (TPSA) is 89.3 Å². The number of aromatic nitrogens is 3. The van der Waals surface area contributed by atoms with Crippen molar-refractivity contribution in [3.63, 3.8) is 0 Å². The first-order valence-corrected chi connectivity index (χ1v) is 7.26. The molecule has 1 aliphatic rings. The fourth-order valence-electron chi connectivity index (χ4n) is 2.75. The molecule has 1 aliphatic carbocycles. The number of pyridine rings is 1. The van der Waals surface area contributed by atoms with Gasteiger partial charge in [0.2, 0.25) is 0 Å². The highest BCUT2D eigenvalue weighted by Gasteiger charge is 2.43. The highest BCUT2D eigenvalue weighted by molar-refractivity contribution is 5.85. The Morgan fingerprint density at radius 2 is 2.36 bits per heavy atom. The van der Waals surface area contributed by atoms with Gasteiger partial charge in [-0.3, -0.25) is 4.68 Å². The van der Waals surface area contributed by atoms with E-state index in [4.69, 9.17) is 9.84 Å². The van der Waals surface area contributed by atoms with Crippen LogP contribution < -0.4 is 5.32 Å². The summed E-state index contributed by atoms with van der Waals surface area (Å²) >= 11 is 0. The minimum atomic E-state index is -1.03. The van der Waals surface area contributed by atoms with Crippen molar-refractivity contribution in [1.29, 1.82) is 0 Å². The molecule has 0 amide bonds.